The summed E-state index contributed by atoms with van der Waals surface area (Å²) in [6.07, 6.45) is 2.02. The van der Waals surface area contributed by atoms with Crippen molar-refractivity contribution in [1.82, 2.24) is 10.2 Å². The fraction of sp³-hybridized carbons (Fsp3) is 0.480. The van der Waals surface area contributed by atoms with Gasteiger partial charge in [0.1, 0.15) is 17.2 Å². The molecule has 1 fully saturated rings. The van der Waals surface area contributed by atoms with Gasteiger partial charge >= 0.3 is 0 Å². The van der Waals surface area contributed by atoms with Crippen molar-refractivity contribution in [2.45, 2.75) is 45.7 Å². The number of hydrogen-bond acceptors (Lipinski definition) is 5. The van der Waals surface area contributed by atoms with Gasteiger partial charge in [-0.2, -0.15) is 0 Å². The van der Waals surface area contributed by atoms with Crippen LogP contribution in [-0.4, -0.2) is 51.3 Å². The summed E-state index contributed by atoms with van der Waals surface area (Å²) >= 11 is 0. The molecule has 1 heterocycles. The Labute approximate surface area is 185 Å². The van der Waals surface area contributed by atoms with Gasteiger partial charge in [-0.05, 0) is 75.0 Å². The standard InChI is InChI=1S/C25H34N2O4/c1-16-17(2)24(31-6)10-9-23(16)18(3)27-11-7-8-20(15-27)26-25(28)19-12-21(29-4)14-22(13-19)30-5/h9-10,12-14,18,20H,7-8,11,15H2,1-6H3,(H,26,28). The third-order valence-corrected chi connectivity index (χ3v) is 6.40. The normalized spacial score (nSPS) is 17.7. The van der Waals surface area contributed by atoms with Gasteiger partial charge in [0.25, 0.3) is 5.91 Å². The van der Waals surface area contributed by atoms with Crippen LogP contribution in [0.25, 0.3) is 0 Å². The Bertz CT molecular complexity index is 906. The Balaban J connectivity index is 1.71. The number of benzene rings is 2. The van der Waals surface area contributed by atoms with Crippen LogP contribution in [0.2, 0.25) is 0 Å². The first-order valence-electron chi connectivity index (χ1n) is 10.8. The number of amides is 1. The molecule has 0 radical (unpaired) electrons. The topological polar surface area (TPSA) is 60.0 Å². The number of piperidine rings is 1. The summed E-state index contributed by atoms with van der Waals surface area (Å²) in [4.78, 5) is 15.4. The lowest BCUT2D eigenvalue weighted by molar-refractivity contribution is 0.0879. The summed E-state index contributed by atoms with van der Waals surface area (Å²) in [5, 5.41) is 3.21. The number of rotatable bonds is 7. The highest BCUT2D eigenvalue weighted by molar-refractivity contribution is 5.95. The molecule has 2 aromatic carbocycles. The Morgan fingerprint density at radius 3 is 2.32 bits per heavy atom. The summed E-state index contributed by atoms with van der Waals surface area (Å²) in [5.74, 6) is 2.03. The quantitative estimate of drug-likeness (QED) is 0.716. The average Bonchev–Trinajstić information content (AvgIpc) is 2.80. The van der Waals surface area contributed by atoms with Crippen molar-refractivity contribution in [1.29, 1.82) is 0 Å². The zero-order valence-corrected chi connectivity index (χ0v) is 19.5. The fourth-order valence-electron chi connectivity index (χ4n) is 4.37. The van der Waals surface area contributed by atoms with Crippen molar-refractivity contribution in [3.8, 4) is 17.2 Å². The third kappa shape index (κ3) is 5.13. The van der Waals surface area contributed by atoms with E-state index in [2.05, 4.69) is 37.1 Å². The summed E-state index contributed by atoms with van der Waals surface area (Å²) in [7, 11) is 4.88. The van der Waals surface area contributed by atoms with E-state index in [0.29, 0.717) is 17.1 Å². The number of nitrogens with one attached hydrogen (secondary N) is 1. The van der Waals surface area contributed by atoms with Gasteiger partial charge in [0.2, 0.25) is 0 Å². The largest absolute Gasteiger partial charge is 0.497 e. The molecular weight excluding hydrogens is 392 g/mol. The summed E-state index contributed by atoms with van der Waals surface area (Å²) in [6, 6.07) is 9.82. The molecular formula is C25H34N2O4. The first-order valence-corrected chi connectivity index (χ1v) is 10.8. The molecule has 1 aliphatic rings. The van der Waals surface area contributed by atoms with Gasteiger partial charge in [-0.1, -0.05) is 6.07 Å². The molecule has 0 saturated carbocycles. The second kappa shape index (κ2) is 10.1. The smallest absolute Gasteiger partial charge is 0.251 e. The predicted octanol–water partition coefficient (Wildman–Crippen LogP) is 4.28. The van der Waals surface area contributed by atoms with Crippen LogP contribution in [0.15, 0.2) is 30.3 Å². The number of nitrogens with zero attached hydrogens (tertiary/aromatic N) is 1. The van der Waals surface area contributed by atoms with E-state index in [1.165, 1.54) is 16.7 Å². The van der Waals surface area contributed by atoms with Crippen LogP contribution in [0.5, 0.6) is 17.2 Å². The van der Waals surface area contributed by atoms with Gasteiger partial charge in [0.15, 0.2) is 0 Å². The molecule has 6 heteroatoms. The minimum absolute atomic E-state index is 0.0977. The number of methoxy groups -OCH3 is 3. The second-order valence-corrected chi connectivity index (χ2v) is 8.19. The lowest BCUT2D eigenvalue weighted by Gasteiger charge is -2.38. The van der Waals surface area contributed by atoms with Gasteiger partial charge in [-0.3, -0.25) is 9.69 Å². The first kappa shape index (κ1) is 22.9. The van der Waals surface area contributed by atoms with Gasteiger partial charge < -0.3 is 19.5 Å². The van der Waals surface area contributed by atoms with Crippen molar-refractivity contribution in [2.75, 3.05) is 34.4 Å². The van der Waals surface area contributed by atoms with Crippen molar-refractivity contribution in [3.63, 3.8) is 0 Å². The predicted molar refractivity (Wildman–Crippen MR) is 122 cm³/mol. The molecule has 0 aromatic heterocycles. The maximum atomic E-state index is 12.9. The molecule has 2 unspecified atom stereocenters. The Morgan fingerprint density at radius 1 is 1.03 bits per heavy atom. The van der Waals surface area contributed by atoms with Crippen molar-refractivity contribution in [2.24, 2.45) is 0 Å². The van der Waals surface area contributed by atoms with Crippen LogP contribution in [0.1, 0.15) is 52.9 Å². The van der Waals surface area contributed by atoms with E-state index in [-0.39, 0.29) is 18.0 Å². The molecule has 6 nitrogen and oxygen atoms in total. The van der Waals surface area contributed by atoms with Crippen molar-refractivity contribution in [3.05, 3.63) is 52.6 Å². The Morgan fingerprint density at radius 2 is 1.71 bits per heavy atom. The van der Waals surface area contributed by atoms with E-state index in [1.807, 2.05) is 6.07 Å². The molecule has 1 saturated heterocycles. The summed E-state index contributed by atoms with van der Waals surface area (Å²) in [5.41, 5.74) is 4.30. The minimum atomic E-state index is -0.104. The monoisotopic (exact) mass is 426 g/mol. The highest BCUT2D eigenvalue weighted by Gasteiger charge is 2.27. The minimum Gasteiger partial charge on any atom is -0.497 e. The van der Waals surface area contributed by atoms with Crippen LogP contribution in [0.4, 0.5) is 0 Å². The molecule has 168 valence electrons. The number of hydrogen-bond donors (Lipinski definition) is 1. The third-order valence-electron chi connectivity index (χ3n) is 6.40. The molecule has 1 aliphatic heterocycles. The zero-order chi connectivity index (χ0) is 22.5. The molecule has 3 rings (SSSR count). The molecule has 0 aliphatic carbocycles. The molecule has 0 spiro atoms. The van der Waals surface area contributed by atoms with E-state index in [1.54, 1.807) is 39.5 Å². The van der Waals surface area contributed by atoms with E-state index in [4.69, 9.17) is 14.2 Å². The molecule has 0 bridgehead atoms. The first-order chi connectivity index (χ1) is 14.9. The van der Waals surface area contributed by atoms with Crippen LogP contribution in [0.3, 0.4) is 0 Å². The lowest BCUT2D eigenvalue weighted by Crippen LogP contribution is -2.48. The maximum absolute atomic E-state index is 12.9. The lowest BCUT2D eigenvalue weighted by atomic mass is 9.94. The molecule has 1 N–H and O–H groups in total. The average molecular weight is 427 g/mol. The second-order valence-electron chi connectivity index (χ2n) is 8.19. The number of carbonyl (C=O) groups excluding carboxylic acids is 1. The molecule has 2 atom stereocenters. The van der Waals surface area contributed by atoms with Crippen LogP contribution < -0.4 is 19.5 Å². The van der Waals surface area contributed by atoms with Gasteiger partial charge in [0.05, 0.1) is 21.3 Å². The SMILES string of the molecule is COc1cc(OC)cc(C(=O)NC2CCCN(C(C)c3ccc(OC)c(C)c3C)C2)c1. The molecule has 2 aromatic rings. The van der Waals surface area contributed by atoms with Crippen LogP contribution in [0, 0.1) is 13.8 Å². The van der Waals surface area contributed by atoms with Crippen LogP contribution in [-0.2, 0) is 0 Å². The highest BCUT2D eigenvalue weighted by Crippen LogP contribution is 2.32. The maximum Gasteiger partial charge on any atom is 0.251 e. The van der Waals surface area contributed by atoms with E-state index >= 15 is 0 Å². The number of carbonyl (C=O) groups is 1. The van der Waals surface area contributed by atoms with Crippen LogP contribution >= 0.6 is 0 Å². The Kier molecular flexibility index (Phi) is 7.44. The molecule has 31 heavy (non-hydrogen) atoms. The van der Waals surface area contributed by atoms with Crippen molar-refractivity contribution >= 4 is 5.91 Å². The van der Waals surface area contributed by atoms with E-state index < -0.39 is 0 Å². The summed E-state index contributed by atoms with van der Waals surface area (Å²) in [6.45, 7) is 8.34. The van der Waals surface area contributed by atoms with E-state index in [0.717, 1.165) is 31.7 Å². The number of ether oxygens (including phenoxy) is 3. The van der Waals surface area contributed by atoms with Gasteiger partial charge in [-0.25, -0.2) is 0 Å². The highest BCUT2D eigenvalue weighted by atomic mass is 16.5. The van der Waals surface area contributed by atoms with Gasteiger partial charge in [-0.15, -0.1) is 0 Å². The van der Waals surface area contributed by atoms with Gasteiger partial charge in [0, 0.05) is 30.3 Å². The zero-order valence-electron chi connectivity index (χ0n) is 19.5. The summed E-state index contributed by atoms with van der Waals surface area (Å²) < 4.78 is 16.1. The van der Waals surface area contributed by atoms with Crippen molar-refractivity contribution < 1.29 is 19.0 Å². The Hall–Kier alpha value is -2.73. The van der Waals surface area contributed by atoms with E-state index in [9.17, 15) is 4.79 Å². The molecule has 1 amide bonds. The fourth-order valence-corrected chi connectivity index (χ4v) is 4.37. The number of likely N-dealkylation sites (tertiary alicyclic amines) is 1.